The molecule has 1 N–H and O–H groups in total. The van der Waals surface area contributed by atoms with Crippen molar-refractivity contribution >= 4 is 0 Å². The van der Waals surface area contributed by atoms with Gasteiger partial charge < -0.3 is 14.6 Å². The molecule has 0 spiro atoms. The van der Waals surface area contributed by atoms with Crippen molar-refractivity contribution in [2.75, 3.05) is 13.2 Å². The van der Waals surface area contributed by atoms with Crippen LogP contribution in [-0.2, 0) is 10.3 Å². The third-order valence-electron chi connectivity index (χ3n) is 4.58. The van der Waals surface area contributed by atoms with Gasteiger partial charge in [0.05, 0.1) is 6.04 Å². The SMILES string of the molecule is CCOC1(c2noc([C@H]3CCCN3)n2)CCCC(C)C1. The van der Waals surface area contributed by atoms with Gasteiger partial charge in [-0.15, -0.1) is 0 Å². The molecular weight excluding hydrogens is 254 g/mol. The number of aromatic nitrogens is 2. The number of hydrogen-bond acceptors (Lipinski definition) is 5. The Morgan fingerprint density at radius 3 is 3.00 bits per heavy atom. The third kappa shape index (κ3) is 2.61. The average molecular weight is 279 g/mol. The number of ether oxygens (including phenoxy) is 1. The minimum absolute atomic E-state index is 0.232. The Labute approximate surface area is 120 Å². The fourth-order valence-electron chi connectivity index (χ4n) is 3.64. The monoisotopic (exact) mass is 279 g/mol. The van der Waals surface area contributed by atoms with Crippen molar-refractivity contribution in [2.45, 2.75) is 64.0 Å². The van der Waals surface area contributed by atoms with Gasteiger partial charge in [-0.25, -0.2) is 0 Å². The van der Waals surface area contributed by atoms with Gasteiger partial charge in [0.15, 0.2) is 0 Å². The predicted molar refractivity (Wildman–Crippen MR) is 75.2 cm³/mol. The van der Waals surface area contributed by atoms with Crippen molar-refractivity contribution in [3.05, 3.63) is 11.7 Å². The molecule has 1 aliphatic heterocycles. The van der Waals surface area contributed by atoms with Crippen LogP contribution in [0.3, 0.4) is 0 Å². The Kier molecular flexibility index (Phi) is 4.08. The summed E-state index contributed by atoms with van der Waals surface area (Å²) in [6, 6.07) is 0.232. The molecule has 112 valence electrons. The van der Waals surface area contributed by atoms with Gasteiger partial charge in [0.2, 0.25) is 11.7 Å². The van der Waals surface area contributed by atoms with E-state index in [4.69, 9.17) is 9.26 Å². The summed E-state index contributed by atoms with van der Waals surface area (Å²) >= 11 is 0. The van der Waals surface area contributed by atoms with E-state index in [0.29, 0.717) is 12.5 Å². The van der Waals surface area contributed by atoms with Crippen molar-refractivity contribution in [3.63, 3.8) is 0 Å². The first-order valence-corrected chi connectivity index (χ1v) is 7.95. The quantitative estimate of drug-likeness (QED) is 0.918. The molecule has 0 bridgehead atoms. The predicted octanol–water partition coefficient (Wildman–Crippen LogP) is 2.94. The van der Waals surface area contributed by atoms with E-state index in [9.17, 15) is 0 Å². The van der Waals surface area contributed by atoms with Crippen LogP contribution in [0.2, 0.25) is 0 Å². The van der Waals surface area contributed by atoms with E-state index in [2.05, 4.69) is 22.4 Å². The summed E-state index contributed by atoms with van der Waals surface area (Å²) in [6.45, 7) is 6.06. The fourth-order valence-corrected chi connectivity index (χ4v) is 3.64. The molecule has 2 aliphatic rings. The Morgan fingerprint density at radius 1 is 1.40 bits per heavy atom. The topological polar surface area (TPSA) is 60.2 Å². The average Bonchev–Trinajstić information content (AvgIpc) is 3.10. The van der Waals surface area contributed by atoms with E-state index >= 15 is 0 Å². The maximum Gasteiger partial charge on any atom is 0.243 e. The molecule has 5 heteroatoms. The van der Waals surface area contributed by atoms with Gasteiger partial charge in [0.25, 0.3) is 0 Å². The van der Waals surface area contributed by atoms with Gasteiger partial charge in [0.1, 0.15) is 5.60 Å². The molecule has 1 aromatic rings. The van der Waals surface area contributed by atoms with Crippen LogP contribution in [0.5, 0.6) is 0 Å². The first kappa shape index (κ1) is 14.0. The van der Waals surface area contributed by atoms with Gasteiger partial charge in [-0.05, 0) is 51.5 Å². The second-order valence-electron chi connectivity index (χ2n) is 6.23. The molecule has 1 saturated heterocycles. The van der Waals surface area contributed by atoms with Crippen LogP contribution >= 0.6 is 0 Å². The Balaban J connectivity index is 1.83. The molecule has 2 fully saturated rings. The standard InChI is InChI=1S/C15H25N3O2/c1-3-19-15(8-4-6-11(2)10-15)14-17-13(20-18-14)12-7-5-9-16-12/h11-12,16H,3-10H2,1-2H3/t11?,12-,15?/m1/s1. The van der Waals surface area contributed by atoms with Gasteiger partial charge in [-0.2, -0.15) is 4.98 Å². The van der Waals surface area contributed by atoms with Gasteiger partial charge in [-0.1, -0.05) is 18.5 Å². The highest BCUT2D eigenvalue weighted by Crippen LogP contribution is 2.42. The minimum atomic E-state index is -0.327. The summed E-state index contributed by atoms with van der Waals surface area (Å²) in [7, 11) is 0. The van der Waals surface area contributed by atoms with E-state index in [1.807, 2.05) is 6.92 Å². The third-order valence-corrected chi connectivity index (χ3v) is 4.58. The lowest BCUT2D eigenvalue weighted by Crippen LogP contribution is -2.36. The molecular formula is C15H25N3O2. The molecule has 20 heavy (non-hydrogen) atoms. The molecule has 2 unspecified atom stereocenters. The zero-order valence-corrected chi connectivity index (χ0v) is 12.5. The first-order chi connectivity index (χ1) is 9.73. The van der Waals surface area contributed by atoms with Gasteiger partial charge in [0, 0.05) is 6.61 Å². The second-order valence-corrected chi connectivity index (χ2v) is 6.23. The largest absolute Gasteiger partial charge is 0.367 e. The van der Waals surface area contributed by atoms with E-state index in [0.717, 1.165) is 37.5 Å². The Morgan fingerprint density at radius 2 is 2.30 bits per heavy atom. The van der Waals surface area contributed by atoms with Crippen LogP contribution in [-0.4, -0.2) is 23.3 Å². The Bertz CT molecular complexity index is 438. The fraction of sp³-hybridized carbons (Fsp3) is 0.867. The summed E-state index contributed by atoms with van der Waals surface area (Å²) in [6.07, 6.45) is 6.70. The lowest BCUT2D eigenvalue weighted by Gasteiger charge is -2.37. The van der Waals surface area contributed by atoms with Crippen LogP contribution in [0.1, 0.15) is 70.1 Å². The summed E-state index contributed by atoms with van der Waals surface area (Å²) in [5.41, 5.74) is -0.327. The van der Waals surface area contributed by atoms with E-state index < -0.39 is 0 Å². The molecule has 0 aromatic carbocycles. The highest BCUT2D eigenvalue weighted by molar-refractivity contribution is 5.06. The molecule has 1 saturated carbocycles. The van der Waals surface area contributed by atoms with E-state index in [1.165, 1.54) is 19.3 Å². The first-order valence-electron chi connectivity index (χ1n) is 7.95. The summed E-state index contributed by atoms with van der Waals surface area (Å²) in [4.78, 5) is 4.68. The van der Waals surface area contributed by atoms with Crippen LogP contribution in [0, 0.1) is 5.92 Å². The van der Waals surface area contributed by atoms with E-state index in [1.54, 1.807) is 0 Å². The summed E-state index contributed by atoms with van der Waals surface area (Å²) in [5.74, 6) is 2.14. The van der Waals surface area contributed by atoms with Crippen LogP contribution in [0.15, 0.2) is 4.52 Å². The highest BCUT2D eigenvalue weighted by Gasteiger charge is 2.42. The molecule has 1 aliphatic carbocycles. The molecule has 0 radical (unpaired) electrons. The van der Waals surface area contributed by atoms with E-state index in [-0.39, 0.29) is 11.6 Å². The van der Waals surface area contributed by atoms with Crippen molar-refractivity contribution in [1.82, 2.24) is 15.5 Å². The number of hydrogen-bond donors (Lipinski definition) is 1. The molecule has 1 aromatic heterocycles. The van der Waals surface area contributed by atoms with Crippen molar-refractivity contribution in [3.8, 4) is 0 Å². The minimum Gasteiger partial charge on any atom is -0.367 e. The van der Waals surface area contributed by atoms with Gasteiger partial charge >= 0.3 is 0 Å². The number of rotatable bonds is 4. The number of nitrogens with one attached hydrogen (secondary N) is 1. The summed E-state index contributed by atoms with van der Waals surface area (Å²) < 4.78 is 11.6. The zero-order chi connectivity index (χ0) is 14.0. The van der Waals surface area contributed by atoms with Gasteiger partial charge in [-0.3, -0.25) is 0 Å². The molecule has 0 amide bonds. The Hall–Kier alpha value is -0.940. The maximum absolute atomic E-state index is 6.10. The zero-order valence-electron chi connectivity index (χ0n) is 12.5. The maximum atomic E-state index is 6.10. The smallest absolute Gasteiger partial charge is 0.243 e. The van der Waals surface area contributed by atoms with Crippen LogP contribution < -0.4 is 5.32 Å². The highest BCUT2D eigenvalue weighted by atomic mass is 16.5. The molecule has 5 nitrogen and oxygen atoms in total. The lowest BCUT2D eigenvalue weighted by atomic mass is 9.78. The second kappa shape index (κ2) is 5.82. The molecule has 3 rings (SSSR count). The van der Waals surface area contributed by atoms with Crippen molar-refractivity contribution < 1.29 is 9.26 Å². The normalized spacial score (nSPS) is 34.5. The van der Waals surface area contributed by atoms with Crippen LogP contribution in [0.4, 0.5) is 0 Å². The molecule has 3 atom stereocenters. The molecule has 2 heterocycles. The summed E-state index contributed by atoms with van der Waals surface area (Å²) in [5, 5.41) is 7.66. The lowest BCUT2D eigenvalue weighted by molar-refractivity contribution is -0.0891. The van der Waals surface area contributed by atoms with Crippen LogP contribution in [0.25, 0.3) is 0 Å². The number of nitrogens with zero attached hydrogens (tertiary/aromatic N) is 2. The van der Waals surface area contributed by atoms with Crippen molar-refractivity contribution in [1.29, 1.82) is 0 Å². The van der Waals surface area contributed by atoms with Crippen molar-refractivity contribution in [2.24, 2.45) is 5.92 Å².